The fraction of sp³-hybridized carbons (Fsp3) is 0.167. The second-order valence-corrected chi connectivity index (χ2v) is 5.36. The van der Waals surface area contributed by atoms with Crippen molar-refractivity contribution in [3.8, 4) is 0 Å². The fourth-order valence-electron chi connectivity index (χ4n) is 2.60. The van der Waals surface area contributed by atoms with Gasteiger partial charge in [-0.05, 0) is 37.6 Å². The number of aryl methyl sites for hydroxylation is 2. The summed E-state index contributed by atoms with van der Waals surface area (Å²) in [6.45, 7) is 4.10. The van der Waals surface area contributed by atoms with Crippen LogP contribution in [-0.4, -0.2) is 15.8 Å². The van der Waals surface area contributed by atoms with E-state index in [-0.39, 0.29) is 5.78 Å². The number of carbonyl (C=O) groups is 1. The molecule has 0 radical (unpaired) electrons. The van der Waals surface area contributed by atoms with E-state index in [2.05, 4.69) is 28.2 Å². The van der Waals surface area contributed by atoms with Crippen molar-refractivity contribution in [3.05, 3.63) is 71.0 Å². The molecule has 3 rings (SSSR count). The van der Waals surface area contributed by atoms with Gasteiger partial charge < -0.3 is 0 Å². The Morgan fingerprint density at radius 2 is 1.57 bits per heavy atom. The Morgan fingerprint density at radius 3 is 2.29 bits per heavy atom. The maximum atomic E-state index is 12.4. The van der Waals surface area contributed by atoms with Gasteiger partial charge in [0.1, 0.15) is 0 Å². The van der Waals surface area contributed by atoms with Crippen molar-refractivity contribution in [2.24, 2.45) is 0 Å². The summed E-state index contributed by atoms with van der Waals surface area (Å²) in [5.41, 5.74) is 5.66. The molecule has 0 saturated heterocycles. The minimum atomic E-state index is 0.104. The standard InChI is InChI=1S/C18H16N2O/c1-12-7-13(2)9-14(8-12)10-18(21)15-3-4-16-17(11-15)20-6-5-19-16/h3-9,11H,10H2,1-2H3. The maximum Gasteiger partial charge on any atom is 0.167 e. The molecule has 3 nitrogen and oxygen atoms in total. The second-order valence-electron chi connectivity index (χ2n) is 5.36. The van der Waals surface area contributed by atoms with Gasteiger partial charge in [0.05, 0.1) is 11.0 Å². The molecule has 2 aromatic carbocycles. The summed E-state index contributed by atoms with van der Waals surface area (Å²) < 4.78 is 0. The quantitative estimate of drug-likeness (QED) is 0.685. The number of hydrogen-bond acceptors (Lipinski definition) is 3. The molecule has 0 amide bonds. The topological polar surface area (TPSA) is 42.9 Å². The van der Waals surface area contributed by atoms with Gasteiger partial charge in [0.25, 0.3) is 0 Å². The molecule has 0 aliphatic carbocycles. The molecule has 104 valence electrons. The first-order valence-electron chi connectivity index (χ1n) is 6.93. The van der Waals surface area contributed by atoms with Crippen LogP contribution in [0.5, 0.6) is 0 Å². The normalized spacial score (nSPS) is 10.8. The van der Waals surface area contributed by atoms with Crippen LogP contribution in [0.1, 0.15) is 27.0 Å². The van der Waals surface area contributed by atoms with Gasteiger partial charge in [-0.15, -0.1) is 0 Å². The Bertz CT molecular complexity index is 804. The highest BCUT2D eigenvalue weighted by molar-refractivity contribution is 6.00. The van der Waals surface area contributed by atoms with Crippen molar-refractivity contribution >= 4 is 16.8 Å². The van der Waals surface area contributed by atoms with Crippen molar-refractivity contribution < 1.29 is 4.79 Å². The Kier molecular flexibility index (Phi) is 3.48. The number of carbonyl (C=O) groups excluding carboxylic acids is 1. The first-order chi connectivity index (χ1) is 10.1. The van der Waals surface area contributed by atoms with E-state index in [9.17, 15) is 4.79 Å². The van der Waals surface area contributed by atoms with Gasteiger partial charge in [0, 0.05) is 24.4 Å². The SMILES string of the molecule is Cc1cc(C)cc(CC(=O)c2ccc3nccnc3c2)c1. The lowest BCUT2D eigenvalue weighted by atomic mass is 9.99. The predicted molar refractivity (Wildman–Crippen MR) is 83.5 cm³/mol. The molecular weight excluding hydrogens is 260 g/mol. The number of benzene rings is 2. The van der Waals surface area contributed by atoms with Crippen molar-refractivity contribution in [1.29, 1.82) is 0 Å². The van der Waals surface area contributed by atoms with Crippen LogP contribution in [0.4, 0.5) is 0 Å². The maximum absolute atomic E-state index is 12.4. The molecule has 1 heterocycles. The highest BCUT2D eigenvalue weighted by Gasteiger charge is 2.09. The highest BCUT2D eigenvalue weighted by Crippen LogP contribution is 2.15. The van der Waals surface area contributed by atoms with Crippen LogP contribution in [0, 0.1) is 13.8 Å². The second kappa shape index (κ2) is 5.44. The van der Waals surface area contributed by atoms with Crippen molar-refractivity contribution in [2.75, 3.05) is 0 Å². The average molecular weight is 276 g/mol. The zero-order chi connectivity index (χ0) is 14.8. The summed E-state index contributed by atoms with van der Waals surface area (Å²) in [6, 6.07) is 11.7. The van der Waals surface area contributed by atoms with Gasteiger partial charge >= 0.3 is 0 Å². The lowest BCUT2D eigenvalue weighted by Gasteiger charge is -2.05. The molecule has 0 aliphatic heterocycles. The molecule has 0 spiro atoms. The summed E-state index contributed by atoms with van der Waals surface area (Å²) in [4.78, 5) is 20.9. The first-order valence-corrected chi connectivity index (χ1v) is 6.93. The van der Waals surface area contributed by atoms with Crippen LogP contribution in [0.3, 0.4) is 0 Å². The molecule has 21 heavy (non-hydrogen) atoms. The number of Topliss-reactive ketones (excluding diaryl/α,β-unsaturated/α-hetero) is 1. The van der Waals surface area contributed by atoms with Gasteiger partial charge in [0.15, 0.2) is 5.78 Å². The number of rotatable bonds is 3. The molecule has 0 unspecified atom stereocenters. The van der Waals surface area contributed by atoms with E-state index in [0.29, 0.717) is 12.0 Å². The Labute approximate surface area is 123 Å². The van der Waals surface area contributed by atoms with Gasteiger partial charge in [0.2, 0.25) is 0 Å². The van der Waals surface area contributed by atoms with Crippen LogP contribution in [0.25, 0.3) is 11.0 Å². The third kappa shape index (κ3) is 2.97. The van der Waals surface area contributed by atoms with E-state index >= 15 is 0 Å². The minimum Gasteiger partial charge on any atom is -0.294 e. The van der Waals surface area contributed by atoms with Crippen LogP contribution in [0.2, 0.25) is 0 Å². The van der Waals surface area contributed by atoms with Crippen LogP contribution in [-0.2, 0) is 6.42 Å². The summed E-state index contributed by atoms with van der Waals surface area (Å²) in [6.07, 6.45) is 3.70. The molecule has 0 bridgehead atoms. The van der Waals surface area contributed by atoms with Crippen molar-refractivity contribution in [3.63, 3.8) is 0 Å². The Balaban J connectivity index is 1.89. The third-order valence-corrected chi connectivity index (χ3v) is 3.44. The molecule has 1 aromatic heterocycles. The van der Waals surface area contributed by atoms with Gasteiger partial charge in [-0.1, -0.05) is 29.3 Å². The number of hydrogen-bond donors (Lipinski definition) is 0. The smallest absolute Gasteiger partial charge is 0.167 e. The van der Waals surface area contributed by atoms with Gasteiger partial charge in [-0.3, -0.25) is 14.8 Å². The van der Waals surface area contributed by atoms with Crippen LogP contribution in [0.15, 0.2) is 48.8 Å². The molecule has 0 N–H and O–H groups in total. The van der Waals surface area contributed by atoms with E-state index in [1.807, 2.05) is 32.0 Å². The van der Waals surface area contributed by atoms with E-state index < -0.39 is 0 Å². The van der Waals surface area contributed by atoms with Crippen LogP contribution < -0.4 is 0 Å². The molecule has 0 atom stereocenters. The van der Waals surface area contributed by atoms with Gasteiger partial charge in [-0.25, -0.2) is 0 Å². The fourth-order valence-corrected chi connectivity index (χ4v) is 2.60. The van der Waals surface area contributed by atoms with Crippen molar-refractivity contribution in [2.45, 2.75) is 20.3 Å². The Hall–Kier alpha value is -2.55. The number of aromatic nitrogens is 2. The molecule has 3 heteroatoms. The zero-order valence-electron chi connectivity index (χ0n) is 12.1. The highest BCUT2D eigenvalue weighted by atomic mass is 16.1. The Morgan fingerprint density at radius 1 is 0.905 bits per heavy atom. The van der Waals surface area contributed by atoms with E-state index in [1.54, 1.807) is 12.4 Å². The van der Waals surface area contributed by atoms with Crippen LogP contribution >= 0.6 is 0 Å². The average Bonchev–Trinajstić information content (AvgIpc) is 2.45. The molecule has 0 aliphatic rings. The predicted octanol–water partition coefficient (Wildman–Crippen LogP) is 3.67. The molecule has 3 aromatic rings. The number of fused-ring (bicyclic) bond motifs is 1. The summed E-state index contributed by atoms with van der Waals surface area (Å²) in [5.74, 6) is 0.104. The number of nitrogens with zero attached hydrogens (tertiary/aromatic N) is 2. The molecule has 0 fully saturated rings. The van der Waals surface area contributed by atoms with Crippen molar-refractivity contribution in [1.82, 2.24) is 9.97 Å². The lowest BCUT2D eigenvalue weighted by Crippen LogP contribution is -2.04. The monoisotopic (exact) mass is 276 g/mol. The van der Waals surface area contributed by atoms with E-state index in [4.69, 9.17) is 0 Å². The zero-order valence-corrected chi connectivity index (χ0v) is 12.1. The summed E-state index contributed by atoms with van der Waals surface area (Å²) in [7, 11) is 0. The van der Waals surface area contributed by atoms with E-state index in [0.717, 1.165) is 16.6 Å². The summed E-state index contributed by atoms with van der Waals surface area (Å²) in [5, 5.41) is 0. The summed E-state index contributed by atoms with van der Waals surface area (Å²) >= 11 is 0. The minimum absolute atomic E-state index is 0.104. The molecular formula is C18H16N2O. The first kappa shape index (κ1) is 13.4. The lowest BCUT2D eigenvalue weighted by molar-refractivity contribution is 0.0993. The van der Waals surface area contributed by atoms with E-state index in [1.165, 1.54) is 11.1 Å². The largest absolute Gasteiger partial charge is 0.294 e. The molecule has 0 saturated carbocycles. The third-order valence-electron chi connectivity index (χ3n) is 3.44. The number of ketones is 1. The van der Waals surface area contributed by atoms with Gasteiger partial charge in [-0.2, -0.15) is 0 Å².